The number of hydrogen-bond acceptors (Lipinski definition) is 7. The Morgan fingerprint density at radius 1 is 1.00 bits per heavy atom. The number of hydrogen-bond donors (Lipinski definition) is 2. The number of carbonyl (C=O) groups excluding carboxylic acids is 1. The van der Waals surface area contributed by atoms with Crippen LogP contribution < -0.4 is 14.9 Å². The van der Waals surface area contributed by atoms with Crippen LogP contribution in [0.4, 0.5) is 15.2 Å². The van der Waals surface area contributed by atoms with E-state index in [2.05, 4.69) is 45.0 Å². The molecule has 3 aromatic carbocycles. The van der Waals surface area contributed by atoms with E-state index in [4.69, 9.17) is 4.98 Å². The van der Waals surface area contributed by atoms with Gasteiger partial charge >= 0.3 is 0 Å². The molecule has 0 atom stereocenters. The third kappa shape index (κ3) is 7.08. The van der Waals surface area contributed by atoms with E-state index >= 15 is 0 Å². The Hall–Kier alpha value is -3.25. The van der Waals surface area contributed by atoms with Crippen molar-refractivity contribution in [1.82, 2.24) is 15.2 Å². The molecule has 1 fully saturated rings. The molecule has 8 nitrogen and oxygen atoms in total. The number of nitrogens with zero attached hydrogens (tertiary/aromatic N) is 3. The minimum atomic E-state index is -3.85. The van der Waals surface area contributed by atoms with E-state index < -0.39 is 15.8 Å². The number of piperazine rings is 1. The van der Waals surface area contributed by atoms with Crippen LogP contribution in [0.25, 0.3) is 10.2 Å². The van der Waals surface area contributed by atoms with E-state index in [-0.39, 0.29) is 23.2 Å². The minimum absolute atomic E-state index is 0. The quantitative estimate of drug-likeness (QED) is 0.286. The van der Waals surface area contributed by atoms with Crippen LogP contribution in [0.5, 0.6) is 0 Å². The first-order valence-corrected chi connectivity index (χ1v) is 15.1. The molecule has 0 saturated carbocycles. The fourth-order valence-electron chi connectivity index (χ4n) is 4.42. The van der Waals surface area contributed by atoms with Gasteiger partial charge in [-0.3, -0.25) is 14.4 Å². The van der Waals surface area contributed by atoms with Crippen LogP contribution >= 0.6 is 23.7 Å². The fraction of sp³-hybridized carbons (Fsp3) is 0.286. The number of thiazole rings is 1. The molecule has 5 rings (SSSR count). The number of carbonyl (C=O) groups is 1. The number of benzene rings is 3. The second-order valence-electron chi connectivity index (χ2n) is 9.37. The first kappa shape index (κ1) is 29.7. The predicted octanol–water partition coefficient (Wildman–Crippen LogP) is 4.77. The van der Waals surface area contributed by atoms with Gasteiger partial charge in [0.1, 0.15) is 5.82 Å². The summed E-state index contributed by atoms with van der Waals surface area (Å²) in [4.78, 5) is 22.0. The van der Waals surface area contributed by atoms with Crippen LogP contribution in [0.15, 0.2) is 71.6 Å². The van der Waals surface area contributed by atoms with Crippen molar-refractivity contribution in [3.8, 4) is 0 Å². The highest BCUT2D eigenvalue weighted by Gasteiger charge is 2.20. The van der Waals surface area contributed by atoms with Crippen LogP contribution in [-0.2, 0) is 16.4 Å². The molecular weight excluding hydrogens is 573 g/mol. The summed E-state index contributed by atoms with van der Waals surface area (Å²) in [5.41, 5.74) is 3.13. The maximum atomic E-state index is 13.1. The molecule has 2 N–H and O–H groups in total. The van der Waals surface area contributed by atoms with Crippen molar-refractivity contribution in [3.63, 3.8) is 0 Å². The second kappa shape index (κ2) is 12.9. The van der Waals surface area contributed by atoms with Gasteiger partial charge in [0, 0.05) is 50.5 Å². The molecule has 0 aliphatic carbocycles. The zero-order valence-corrected chi connectivity index (χ0v) is 24.4. The van der Waals surface area contributed by atoms with Gasteiger partial charge in [0.25, 0.3) is 15.9 Å². The lowest BCUT2D eigenvalue weighted by molar-refractivity contribution is 0.0948. The molecule has 1 aliphatic rings. The first-order valence-electron chi connectivity index (χ1n) is 12.8. The van der Waals surface area contributed by atoms with Crippen molar-refractivity contribution in [3.05, 3.63) is 83.7 Å². The molecule has 2 heterocycles. The Balaban J connectivity index is 0.00000370. The number of rotatable bonds is 9. The summed E-state index contributed by atoms with van der Waals surface area (Å²) >= 11 is 1.74. The van der Waals surface area contributed by atoms with E-state index in [1.54, 1.807) is 23.5 Å². The molecule has 1 saturated heterocycles. The van der Waals surface area contributed by atoms with Crippen molar-refractivity contribution in [2.75, 3.05) is 48.9 Å². The molecule has 0 unspecified atom stereocenters. The van der Waals surface area contributed by atoms with Gasteiger partial charge in [-0.1, -0.05) is 24.3 Å². The fourth-order valence-corrected chi connectivity index (χ4v) is 6.56. The standard InChI is InChI=1S/C28H30FN5O3S2.ClH/c1-2-20-3-12-25-26(19-20)38-28(31-25)34-17-15-33(16-18-34)14-13-30-27(35)21-4-8-23(9-5-21)32-39(36,37)24-10-6-22(29)7-11-24;/h3-12,19,32H,2,13-18H2,1H3,(H,30,35);1H. The summed E-state index contributed by atoms with van der Waals surface area (Å²) in [7, 11) is -3.85. The Labute approximate surface area is 243 Å². The normalized spacial score (nSPS) is 14.1. The third-order valence-corrected chi connectivity index (χ3v) is 9.21. The number of sulfonamides is 1. The molecule has 1 amide bonds. The lowest BCUT2D eigenvalue weighted by atomic mass is 10.2. The highest BCUT2D eigenvalue weighted by atomic mass is 35.5. The van der Waals surface area contributed by atoms with Gasteiger partial charge in [0.15, 0.2) is 5.13 Å². The Bertz CT molecular complexity index is 1560. The Kier molecular flexibility index (Phi) is 9.62. The molecule has 212 valence electrons. The van der Waals surface area contributed by atoms with Gasteiger partial charge in [-0.15, -0.1) is 12.4 Å². The van der Waals surface area contributed by atoms with Crippen LogP contribution in [0.3, 0.4) is 0 Å². The molecule has 40 heavy (non-hydrogen) atoms. The van der Waals surface area contributed by atoms with E-state index in [1.807, 2.05) is 0 Å². The molecule has 0 spiro atoms. The van der Waals surface area contributed by atoms with Gasteiger partial charge in [-0.2, -0.15) is 0 Å². The maximum Gasteiger partial charge on any atom is 0.261 e. The first-order chi connectivity index (χ1) is 18.8. The molecule has 0 radical (unpaired) electrons. The van der Waals surface area contributed by atoms with E-state index in [9.17, 15) is 17.6 Å². The zero-order chi connectivity index (χ0) is 27.4. The Morgan fingerprint density at radius 3 is 2.38 bits per heavy atom. The highest BCUT2D eigenvalue weighted by Crippen LogP contribution is 2.30. The monoisotopic (exact) mass is 603 g/mol. The summed E-state index contributed by atoms with van der Waals surface area (Å²) in [5.74, 6) is -0.732. The molecule has 0 bridgehead atoms. The van der Waals surface area contributed by atoms with Crippen molar-refractivity contribution in [2.45, 2.75) is 18.2 Å². The summed E-state index contributed by atoms with van der Waals surface area (Å²) in [6.07, 6.45) is 1.02. The van der Waals surface area contributed by atoms with Crippen LogP contribution in [-0.4, -0.2) is 63.5 Å². The van der Waals surface area contributed by atoms with Crippen molar-refractivity contribution >= 4 is 60.7 Å². The summed E-state index contributed by atoms with van der Waals surface area (Å²) in [5, 5.41) is 4.00. The number of anilines is 2. The van der Waals surface area contributed by atoms with E-state index in [0.717, 1.165) is 61.9 Å². The van der Waals surface area contributed by atoms with Crippen LogP contribution in [0.1, 0.15) is 22.8 Å². The lowest BCUT2D eigenvalue weighted by Gasteiger charge is -2.34. The second-order valence-corrected chi connectivity index (χ2v) is 12.1. The number of aryl methyl sites for hydroxylation is 1. The number of nitrogens with one attached hydrogen (secondary N) is 2. The van der Waals surface area contributed by atoms with Gasteiger partial charge in [0.2, 0.25) is 0 Å². The van der Waals surface area contributed by atoms with E-state index in [1.165, 1.54) is 34.5 Å². The molecular formula is C28H31ClFN5O3S2. The smallest absolute Gasteiger partial charge is 0.261 e. The summed E-state index contributed by atoms with van der Waals surface area (Å²) in [6.45, 7) is 7.00. The average molecular weight is 604 g/mol. The van der Waals surface area contributed by atoms with Gasteiger partial charge in [-0.05, 0) is 72.6 Å². The largest absolute Gasteiger partial charge is 0.351 e. The predicted molar refractivity (Wildman–Crippen MR) is 161 cm³/mol. The number of fused-ring (bicyclic) bond motifs is 1. The molecule has 1 aromatic heterocycles. The number of aromatic nitrogens is 1. The van der Waals surface area contributed by atoms with E-state index in [0.29, 0.717) is 17.8 Å². The molecule has 4 aromatic rings. The number of amides is 1. The van der Waals surface area contributed by atoms with Crippen molar-refractivity contribution < 1.29 is 17.6 Å². The number of halogens is 2. The van der Waals surface area contributed by atoms with Crippen molar-refractivity contribution in [2.24, 2.45) is 0 Å². The van der Waals surface area contributed by atoms with Crippen LogP contribution in [0.2, 0.25) is 0 Å². The SMILES string of the molecule is CCc1ccc2nc(N3CCN(CCNC(=O)c4ccc(NS(=O)(=O)c5ccc(F)cc5)cc4)CC3)sc2c1.Cl. The van der Waals surface area contributed by atoms with Gasteiger partial charge in [0.05, 0.1) is 15.1 Å². The van der Waals surface area contributed by atoms with Crippen molar-refractivity contribution in [1.29, 1.82) is 0 Å². The zero-order valence-electron chi connectivity index (χ0n) is 22.0. The minimum Gasteiger partial charge on any atom is -0.351 e. The van der Waals surface area contributed by atoms with Gasteiger partial charge in [-0.25, -0.2) is 17.8 Å². The van der Waals surface area contributed by atoms with Crippen LogP contribution in [0, 0.1) is 5.82 Å². The topological polar surface area (TPSA) is 94.6 Å². The lowest BCUT2D eigenvalue weighted by Crippen LogP contribution is -2.48. The molecule has 1 aliphatic heterocycles. The Morgan fingerprint density at radius 2 is 1.70 bits per heavy atom. The average Bonchev–Trinajstić information content (AvgIpc) is 3.37. The highest BCUT2D eigenvalue weighted by molar-refractivity contribution is 7.92. The summed E-state index contributed by atoms with van der Waals surface area (Å²) in [6, 6.07) is 17.2. The maximum absolute atomic E-state index is 13.1. The third-order valence-electron chi connectivity index (χ3n) is 6.73. The summed E-state index contributed by atoms with van der Waals surface area (Å²) < 4.78 is 41.7. The molecule has 12 heteroatoms. The van der Waals surface area contributed by atoms with Gasteiger partial charge < -0.3 is 10.2 Å².